The van der Waals surface area contributed by atoms with E-state index in [9.17, 15) is 22.0 Å². The summed E-state index contributed by atoms with van der Waals surface area (Å²) in [6.07, 6.45) is 4.80. The second-order valence-electron chi connectivity index (χ2n) is 8.74. The van der Waals surface area contributed by atoms with Gasteiger partial charge in [0.25, 0.3) is 0 Å². The number of hydrogen-bond acceptors (Lipinski definition) is 8. The van der Waals surface area contributed by atoms with E-state index in [2.05, 4.69) is 0 Å². The summed E-state index contributed by atoms with van der Waals surface area (Å²) >= 11 is 0. The van der Waals surface area contributed by atoms with Crippen molar-refractivity contribution in [2.24, 2.45) is 0 Å². The number of halogens is 2. The van der Waals surface area contributed by atoms with Crippen molar-refractivity contribution in [1.29, 1.82) is 0 Å². The Kier molecular flexibility index (Phi) is 6.34. The molecule has 2 aliphatic carbocycles. The van der Waals surface area contributed by atoms with Crippen molar-refractivity contribution in [1.82, 2.24) is 0 Å². The molecule has 4 fully saturated rings. The minimum absolute atomic E-state index is 0.0255. The number of esters is 1. The molecular formula is C19H28F2O9S. The first-order valence-electron chi connectivity index (χ1n) is 10.8. The third kappa shape index (κ3) is 4.60. The summed E-state index contributed by atoms with van der Waals surface area (Å²) in [6, 6.07) is 0. The molecule has 1 N–H and O–H groups in total. The lowest BCUT2D eigenvalue weighted by Gasteiger charge is -2.35. The number of carbonyl (C=O) groups excluding carboxylic acids is 1. The molecule has 9 nitrogen and oxygen atoms in total. The Labute approximate surface area is 179 Å². The van der Waals surface area contributed by atoms with E-state index in [1.807, 2.05) is 0 Å². The van der Waals surface area contributed by atoms with Crippen molar-refractivity contribution in [3.63, 3.8) is 0 Å². The Morgan fingerprint density at radius 1 is 0.903 bits per heavy atom. The SMILES string of the molecule is O=C(OC(C1COC2(CCCCC2)O1)C1COC2(CCCCC2)O1)C(F)(F)S(=O)(=O)O. The fourth-order valence-electron chi connectivity index (χ4n) is 4.87. The summed E-state index contributed by atoms with van der Waals surface area (Å²) in [7, 11) is -6.00. The van der Waals surface area contributed by atoms with Gasteiger partial charge >= 0.3 is 21.3 Å². The van der Waals surface area contributed by atoms with Crippen LogP contribution in [0.25, 0.3) is 0 Å². The lowest BCUT2D eigenvalue weighted by molar-refractivity contribution is -0.226. The molecule has 2 saturated heterocycles. The highest BCUT2D eigenvalue weighted by Crippen LogP contribution is 2.43. The van der Waals surface area contributed by atoms with Gasteiger partial charge in [-0.25, -0.2) is 4.79 Å². The van der Waals surface area contributed by atoms with E-state index in [1.54, 1.807) is 0 Å². The fraction of sp³-hybridized carbons (Fsp3) is 0.947. The molecule has 4 rings (SSSR count). The molecule has 178 valence electrons. The van der Waals surface area contributed by atoms with E-state index in [0.717, 1.165) is 38.5 Å². The van der Waals surface area contributed by atoms with Gasteiger partial charge < -0.3 is 23.7 Å². The molecule has 4 aliphatic rings. The Morgan fingerprint density at radius 3 is 1.71 bits per heavy atom. The molecule has 0 aromatic carbocycles. The first-order valence-corrected chi connectivity index (χ1v) is 12.2. The number of ether oxygens (including phenoxy) is 5. The summed E-state index contributed by atoms with van der Waals surface area (Å²) in [4.78, 5) is 12.1. The Bertz CT molecular complexity index is 739. The van der Waals surface area contributed by atoms with Crippen LogP contribution in [-0.4, -0.2) is 67.3 Å². The van der Waals surface area contributed by atoms with Crippen LogP contribution in [0.2, 0.25) is 0 Å². The minimum Gasteiger partial charge on any atom is -0.451 e. The van der Waals surface area contributed by atoms with E-state index in [-0.39, 0.29) is 13.2 Å². The largest absolute Gasteiger partial charge is 0.465 e. The third-order valence-electron chi connectivity index (χ3n) is 6.52. The molecule has 0 radical (unpaired) electrons. The summed E-state index contributed by atoms with van der Waals surface area (Å²) in [5, 5.41) is -5.12. The highest BCUT2D eigenvalue weighted by atomic mass is 32.2. The number of alkyl halides is 2. The molecule has 0 aromatic rings. The van der Waals surface area contributed by atoms with Gasteiger partial charge in [-0.05, 0) is 25.7 Å². The molecule has 0 amide bonds. The lowest BCUT2D eigenvalue weighted by Crippen LogP contribution is -2.50. The van der Waals surface area contributed by atoms with Crippen molar-refractivity contribution >= 4 is 16.1 Å². The van der Waals surface area contributed by atoms with Crippen molar-refractivity contribution < 1.29 is 50.2 Å². The maximum Gasteiger partial charge on any atom is 0.465 e. The van der Waals surface area contributed by atoms with E-state index in [1.165, 1.54) is 0 Å². The molecule has 31 heavy (non-hydrogen) atoms. The second kappa shape index (κ2) is 8.45. The van der Waals surface area contributed by atoms with Crippen LogP contribution in [0, 0.1) is 0 Å². The number of carbonyl (C=O) groups is 1. The predicted octanol–water partition coefficient (Wildman–Crippen LogP) is 2.53. The molecule has 2 saturated carbocycles. The molecule has 2 aliphatic heterocycles. The zero-order chi connectivity index (χ0) is 22.3. The predicted molar refractivity (Wildman–Crippen MR) is 99.7 cm³/mol. The number of rotatable bonds is 5. The molecule has 2 spiro atoms. The smallest absolute Gasteiger partial charge is 0.451 e. The van der Waals surface area contributed by atoms with Gasteiger partial charge in [-0.15, -0.1) is 0 Å². The number of hydrogen-bond donors (Lipinski definition) is 1. The molecule has 0 bridgehead atoms. The van der Waals surface area contributed by atoms with E-state index < -0.39 is 51.2 Å². The summed E-state index contributed by atoms with van der Waals surface area (Å²) in [6.45, 7) is -0.0511. The maximum absolute atomic E-state index is 13.9. The van der Waals surface area contributed by atoms with Gasteiger partial charge in [-0.2, -0.15) is 17.2 Å². The molecule has 2 atom stereocenters. The lowest BCUT2D eigenvalue weighted by atomic mass is 9.94. The van der Waals surface area contributed by atoms with Crippen LogP contribution >= 0.6 is 0 Å². The van der Waals surface area contributed by atoms with E-state index in [4.69, 9.17) is 28.2 Å². The van der Waals surface area contributed by atoms with Crippen molar-refractivity contribution in [3.05, 3.63) is 0 Å². The van der Waals surface area contributed by atoms with Gasteiger partial charge in [0.05, 0.1) is 13.2 Å². The highest BCUT2D eigenvalue weighted by molar-refractivity contribution is 7.87. The van der Waals surface area contributed by atoms with Crippen LogP contribution in [0.5, 0.6) is 0 Å². The topological polar surface area (TPSA) is 118 Å². The first kappa shape index (κ1) is 23.2. The maximum atomic E-state index is 13.9. The standard InChI is InChI=1S/C19H28F2O9S/c20-19(21,31(23,24)25)16(22)28-15(13-11-26-17(29-13)7-3-1-4-8-17)14-12-27-18(30-14)9-5-2-6-10-18/h13-15H,1-12H2,(H,23,24,25). The summed E-state index contributed by atoms with van der Waals surface area (Å²) in [5.74, 6) is -4.14. The fourth-order valence-corrected chi connectivity index (χ4v) is 5.13. The van der Waals surface area contributed by atoms with Crippen molar-refractivity contribution in [2.45, 2.75) is 99.3 Å². The average molecular weight is 470 g/mol. The van der Waals surface area contributed by atoms with Crippen LogP contribution in [0.3, 0.4) is 0 Å². The van der Waals surface area contributed by atoms with Gasteiger partial charge in [-0.3, -0.25) is 4.55 Å². The first-order chi connectivity index (χ1) is 14.6. The molecule has 12 heteroatoms. The zero-order valence-corrected chi connectivity index (χ0v) is 17.9. The van der Waals surface area contributed by atoms with Gasteiger partial charge in [0.15, 0.2) is 17.7 Å². The van der Waals surface area contributed by atoms with Crippen molar-refractivity contribution in [3.8, 4) is 0 Å². The summed E-state index contributed by atoms with van der Waals surface area (Å²) < 4.78 is 87.3. The average Bonchev–Trinajstić information content (AvgIpc) is 3.31. The van der Waals surface area contributed by atoms with Crippen LogP contribution in [0.1, 0.15) is 64.2 Å². The van der Waals surface area contributed by atoms with Gasteiger partial charge in [0, 0.05) is 25.7 Å². The van der Waals surface area contributed by atoms with Crippen molar-refractivity contribution in [2.75, 3.05) is 13.2 Å². The van der Waals surface area contributed by atoms with Crippen LogP contribution in [0.4, 0.5) is 8.78 Å². The van der Waals surface area contributed by atoms with E-state index >= 15 is 0 Å². The molecule has 0 aromatic heterocycles. The molecule has 2 unspecified atom stereocenters. The monoisotopic (exact) mass is 470 g/mol. The summed E-state index contributed by atoms with van der Waals surface area (Å²) in [5.41, 5.74) is 0. The Morgan fingerprint density at radius 2 is 1.32 bits per heavy atom. The van der Waals surface area contributed by atoms with Crippen LogP contribution < -0.4 is 0 Å². The van der Waals surface area contributed by atoms with Gasteiger partial charge in [-0.1, -0.05) is 12.8 Å². The minimum atomic E-state index is -6.00. The van der Waals surface area contributed by atoms with Crippen LogP contribution in [-0.2, 0) is 38.6 Å². The quantitative estimate of drug-likeness (QED) is 0.478. The third-order valence-corrected chi connectivity index (χ3v) is 7.34. The highest BCUT2D eigenvalue weighted by Gasteiger charge is 2.58. The zero-order valence-electron chi connectivity index (χ0n) is 17.1. The van der Waals surface area contributed by atoms with E-state index in [0.29, 0.717) is 25.7 Å². The Balaban J connectivity index is 1.53. The molecule has 2 heterocycles. The normalized spacial score (nSPS) is 31.7. The van der Waals surface area contributed by atoms with Crippen LogP contribution in [0.15, 0.2) is 0 Å². The van der Waals surface area contributed by atoms with Gasteiger partial charge in [0.1, 0.15) is 12.2 Å². The second-order valence-corrected chi connectivity index (χ2v) is 10.2. The molecular weight excluding hydrogens is 442 g/mol. The van der Waals surface area contributed by atoms with Gasteiger partial charge in [0.2, 0.25) is 0 Å². The Hall–Kier alpha value is -0.920.